The number of rotatable bonds is 2. The van der Waals surface area contributed by atoms with Crippen molar-refractivity contribution in [1.29, 1.82) is 0 Å². The van der Waals surface area contributed by atoms with Crippen LogP contribution in [0, 0.1) is 6.92 Å². The summed E-state index contributed by atoms with van der Waals surface area (Å²) in [5, 5.41) is 0.709. The van der Waals surface area contributed by atoms with Crippen LogP contribution in [0.2, 0.25) is 5.02 Å². The number of ketones is 1. The van der Waals surface area contributed by atoms with Gasteiger partial charge in [0.25, 0.3) is 0 Å². The third-order valence-corrected chi connectivity index (χ3v) is 5.52. The fraction of sp³-hybridized carbons (Fsp3) is 0.0500. The number of hydrogen-bond donors (Lipinski definition) is 0. The number of hydrogen-bond acceptors (Lipinski definition) is 3. The van der Waals surface area contributed by atoms with Gasteiger partial charge in [0.1, 0.15) is 11.5 Å². The summed E-state index contributed by atoms with van der Waals surface area (Å²) in [6.45, 7) is 1.96. The first kappa shape index (κ1) is 15.3. The first-order valence-electron chi connectivity index (χ1n) is 7.52. The van der Waals surface area contributed by atoms with E-state index in [1.807, 2.05) is 61.5 Å². The maximum Gasteiger partial charge on any atom is 0.200 e. The van der Waals surface area contributed by atoms with Gasteiger partial charge in [-0.05, 0) is 48.9 Å². The molecule has 0 amide bonds. The minimum atomic E-state index is 0.0486. The van der Waals surface area contributed by atoms with E-state index in [1.54, 1.807) is 6.08 Å². The van der Waals surface area contributed by atoms with Crippen LogP contribution in [-0.4, -0.2) is 5.78 Å². The topological polar surface area (TPSA) is 30.2 Å². The first-order chi connectivity index (χ1) is 11.6. The van der Waals surface area contributed by atoms with Crippen molar-refractivity contribution in [2.24, 2.45) is 0 Å². The largest absolute Gasteiger partial charge is 0.457 e. The molecule has 118 valence electrons. The van der Waals surface area contributed by atoms with E-state index in [4.69, 9.17) is 16.0 Å². The van der Waals surface area contributed by atoms with Gasteiger partial charge in [-0.1, -0.05) is 47.6 Å². The smallest absolute Gasteiger partial charge is 0.200 e. The highest BCUT2D eigenvalue weighted by Gasteiger charge is 2.25. The maximum absolute atomic E-state index is 12.4. The van der Waals surface area contributed by atoms with Crippen LogP contribution in [0.4, 0.5) is 0 Å². The molecule has 4 heteroatoms. The highest BCUT2D eigenvalue weighted by Crippen LogP contribution is 2.41. The molecule has 24 heavy (non-hydrogen) atoms. The summed E-state index contributed by atoms with van der Waals surface area (Å²) in [6, 6.07) is 17.2. The van der Waals surface area contributed by atoms with Crippen LogP contribution in [0.5, 0.6) is 0 Å². The van der Waals surface area contributed by atoms with Crippen molar-refractivity contribution in [3.05, 3.63) is 81.4 Å². The van der Waals surface area contributed by atoms with Crippen molar-refractivity contribution in [3.8, 4) is 11.3 Å². The lowest BCUT2D eigenvalue weighted by molar-refractivity contribution is 0.104. The second-order valence-electron chi connectivity index (χ2n) is 5.55. The summed E-state index contributed by atoms with van der Waals surface area (Å²) in [5.74, 6) is 1.45. The molecule has 0 atom stereocenters. The maximum atomic E-state index is 12.4. The molecule has 1 aromatic heterocycles. The average Bonchev–Trinajstić information content (AvgIpc) is 3.16. The van der Waals surface area contributed by atoms with E-state index in [0.29, 0.717) is 15.7 Å². The molecule has 4 rings (SSSR count). The fourth-order valence-electron chi connectivity index (χ4n) is 2.71. The number of fused-ring (bicyclic) bond motifs is 1. The van der Waals surface area contributed by atoms with E-state index >= 15 is 0 Å². The van der Waals surface area contributed by atoms with Crippen molar-refractivity contribution in [3.63, 3.8) is 0 Å². The van der Waals surface area contributed by atoms with Gasteiger partial charge in [-0.25, -0.2) is 0 Å². The number of thioether (sulfide) groups is 1. The number of carbonyl (C=O) groups excluding carboxylic acids is 1. The molecule has 1 aliphatic heterocycles. The van der Waals surface area contributed by atoms with E-state index < -0.39 is 0 Å². The number of carbonyl (C=O) groups is 1. The number of halogens is 1. The zero-order valence-electron chi connectivity index (χ0n) is 12.9. The average molecular weight is 353 g/mol. The van der Waals surface area contributed by atoms with Gasteiger partial charge in [0.2, 0.25) is 5.78 Å². The first-order valence-corrected chi connectivity index (χ1v) is 8.71. The minimum absolute atomic E-state index is 0.0486. The Morgan fingerprint density at radius 2 is 1.79 bits per heavy atom. The van der Waals surface area contributed by atoms with Crippen LogP contribution >= 0.6 is 23.4 Å². The zero-order chi connectivity index (χ0) is 16.7. The summed E-state index contributed by atoms with van der Waals surface area (Å²) in [5.41, 5.74) is 2.69. The quantitative estimate of drug-likeness (QED) is 0.511. The highest BCUT2D eigenvalue weighted by atomic mass is 35.5. The van der Waals surface area contributed by atoms with E-state index in [0.717, 1.165) is 27.3 Å². The number of allylic oxidation sites excluding steroid dienone is 1. The second kappa shape index (κ2) is 6.00. The van der Waals surface area contributed by atoms with E-state index in [1.165, 1.54) is 11.8 Å². The Morgan fingerprint density at radius 1 is 1.00 bits per heavy atom. The van der Waals surface area contributed by atoms with Crippen molar-refractivity contribution < 1.29 is 9.21 Å². The molecule has 0 N–H and O–H groups in total. The van der Waals surface area contributed by atoms with E-state index in [9.17, 15) is 4.79 Å². The van der Waals surface area contributed by atoms with Crippen molar-refractivity contribution in [1.82, 2.24) is 0 Å². The Balaban J connectivity index is 1.67. The molecule has 0 saturated carbocycles. The fourth-order valence-corrected chi connectivity index (χ4v) is 3.92. The molecule has 2 heterocycles. The standard InChI is InChI=1S/C20H13ClO2S/c1-12-14(6-4-7-16(12)21)17-10-9-13(23-17)11-19-20(22)15-5-2-3-8-18(15)24-19/h2-11H,1H3/b19-11+. The molecular formula is C20H13ClO2S. The SMILES string of the molecule is Cc1c(Cl)cccc1-c1ccc(/C=C2/Sc3ccccc3C2=O)o1. The molecule has 2 aromatic carbocycles. The lowest BCUT2D eigenvalue weighted by Gasteiger charge is -2.03. The Morgan fingerprint density at radius 3 is 2.62 bits per heavy atom. The molecule has 0 bridgehead atoms. The Kier molecular flexibility index (Phi) is 3.83. The van der Waals surface area contributed by atoms with Gasteiger partial charge in [0.15, 0.2) is 0 Å². The molecule has 0 saturated heterocycles. The lowest BCUT2D eigenvalue weighted by Crippen LogP contribution is -1.93. The van der Waals surface area contributed by atoms with Gasteiger partial charge in [-0.2, -0.15) is 0 Å². The third kappa shape index (κ3) is 2.60. The second-order valence-corrected chi connectivity index (χ2v) is 7.04. The van der Waals surface area contributed by atoms with Crippen LogP contribution in [0.15, 0.2) is 68.8 Å². The number of Topliss-reactive ketones (excluding diaryl/α,β-unsaturated/α-hetero) is 1. The number of benzene rings is 2. The van der Waals surface area contributed by atoms with Crippen molar-refractivity contribution >= 4 is 35.2 Å². The van der Waals surface area contributed by atoms with Gasteiger partial charge in [0.05, 0.1) is 4.91 Å². The van der Waals surface area contributed by atoms with Crippen LogP contribution in [0.3, 0.4) is 0 Å². The Labute approximate surface area is 149 Å². The van der Waals surface area contributed by atoms with Crippen LogP contribution in [-0.2, 0) is 0 Å². The molecular weight excluding hydrogens is 340 g/mol. The molecule has 0 spiro atoms. The molecule has 0 radical (unpaired) electrons. The van der Waals surface area contributed by atoms with Crippen molar-refractivity contribution in [2.45, 2.75) is 11.8 Å². The van der Waals surface area contributed by atoms with Crippen LogP contribution in [0.1, 0.15) is 21.7 Å². The van der Waals surface area contributed by atoms with Gasteiger partial charge >= 0.3 is 0 Å². The van der Waals surface area contributed by atoms with E-state index in [-0.39, 0.29) is 5.78 Å². The van der Waals surface area contributed by atoms with Gasteiger partial charge in [-0.15, -0.1) is 0 Å². The molecule has 3 aromatic rings. The third-order valence-electron chi connectivity index (χ3n) is 4.01. The van der Waals surface area contributed by atoms with Crippen LogP contribution in [0.25, 0.3) is 17.4 Å². The molecule has 0 aliphatic carbocycles. The Hall–Kier alpha value is -2.23. The van der Waals surface area contributed by atoms with Gasteiger partial charge in [0, 0.05) is 21.0 Å². The minimum Gasteiger partial charge on any atom is -0.457 e. The van der Waals surface area contributed by atoms with Crippen LogP contribution < -0.4 is 0 Å². The normalized spacial score (nSPS) is 15.1. The molecule has 0 fully saturated rings. The summed E-state index contributed by atoms with van der Waals surface area (Å²) < 4.78 is 5.91. The summed E-state index contributed by atoms with van der Waals surface area (Å²) in [7, 11) is 0. The van der Waals surface area contributed by atoms with Crippen molar-refractivity contribution in [2.75, 3.05) is 0 Å². The highest BCUT2D eigenvalue weighted by molar-refractivity contribution is 8.04. The summed E-state index contributed by atoms with van der Waals surface area (Å²) in [6.07, 6.45) is 1.80. The Bertz CT molecular complexity index is 985. The number of furan rings is 1. The van der Waals surface area contributed by atoms with E-state index in [2.05, 4.69) is 0 Å². The van der Waals surface area contributed by atoms with Gasteiger partial charge in [-0.3, -0.25) is 4.79 Å². The monoisotopic (exact) mass is 352 g/mol. The predicted molar refractivity (Wildman–Crippen MR) is 98.5 cm³/mol. The summed E-state index contributed by atoms with van der Waals surface area (Å²) >= 11 is 7.66. The molecule has 2 nitrogen and oxygen atoms in total. The molecule has 1 aliphatic rings. The predicted octanol–water partition coefficient (Wildman–Crippen LogP) is 6.24. The summed E-state index contributed by atoms with van der Waals surface area (Å²) in [4.78, 5) is 14.1. The lowest BCUT2D eigenvalue weighted by atomic mass is 10.1. The zero-order valence-corrected chi connectivity index (χ0v) is 14.4. The molecule has 0 unspecified atom stereocenters. The van der Waals surface area contributed by atoms with Gasteiger partial charge < -0.3 is 4.42 Å².